The molecule has 0 bridgehead atoms. The standard InChI is InChI=1S/C10H16N2O5S2/c1-6-9(18-5-11-6)8-7(4-12-19(13,14)15)16-10(2,3)17-8/h5,7-8,12H,4H2,1-3H3,(H,13,14,15)/t7-,8+/m1/s1. The van der Waals surface area contributed by atoms with Crippen LogP contribution in [0.25, 0.3) is 0 Å². The molecule has 7 nitrogen and oxygen atoms in total. The average molecular weight is 308 g/mol. The maximum atomic E-state index is 10.7. The van der Waals surface area contributed by atoms with Crippen molar-refractivity contribution in [3.05, 3.63) is 16.1 Å². The number of thiazole rings is 1. The zero-order valence-electron chi connectivity index (χ0n) is 10.8. The molecular weight excluding hydrogens is 292 g/mol. The second kappa shape index (κ2) is 5.08. The van der Waals surface area contributed by atoms with Gasteiger partial charge in [-0.1, -0.05) is 0 Å². The Morgan fingerprint density at radius 3 is 2.74 bits per heavy atom. The van der Waals surface area contributed by atoms with E-state index in [1.54, 1.807) is 19.4 Å². The lowest BCUT2D eigenvalue weighted by Crippen LogP contribution is -2.34. The van der Waals surface area contributed by atoms with Crippen molar-refractivity contribution in [2.24, 2.45) is 0 Å². The van der Waals surface area contributed by atoms with Crippen LogP contribution in [0, 0.1) is 6.92 Å². The summed E-state index contributed by atoms with van der Waals surface area (Å²) in [7, 11) is -4.25. The molecule has 1 aromatic heterocycles. The Morgan fingerprint density at radius 1 is 1.53 bits per heavy atom. The van der Waals surface area contributed by atoms with Crippen molar-refractivity contribution in [3.8, 4) is 0 Å². The zero-order chi connectivity index (χ0) is 14.3. The molecule has 0 radical (unpaired) electrons. The van der Waals surface area contributed by atoms with Crippen molar-refractivity contribution in [2.45, 2.75) is 38.8 Å². The Balaban J connectivity index is 2.18. The van der Waals surface area contributed by atoms with Crippen LogP contribution in [0.1, 0.15) is 30.5 Å². The molecule has 1 saturated heterocycles. The maximum absolute atomic E-state index is 10.7. The number of nitrogens with zero attached hydrogens (tertiary/aromatic N) is 1. The van der Waals surface area contributed by atoms with Crippen LogP contribution in [-0.2, 0) is 19.8 Å². The molecule has 2 rings (SSSR count). The van der Waals surface area contributed by atoms with E-state index in [1.165, 1.54) is 11.3 Å². The van der Waals surface area contributed by atoms with E-state index in [1.807, 2.05) is 11.6 Å². The molecule has 1 aromatic rings. The predicted octanol–water partition coefficient (Wildman–Crippen LogP) is 1.04. The van der Waals surface area contributed by atoms with Gasteiger partial charge in [0.1, 0.15) is 12.2 Å². The molecule has 9 heteroatoms. The summed E-state index contributed by atoms with van der Waals surface area (Å²) in [5.74, 6) is -0.813. The number of aromatic nitrogens is 1. The van der Waals surface area contributed by atoms with Gasteiger partial charge in [0, 0.05) is 6.54 Å². The molecule has 0 aliphatic carbocycles. The monoisotopic (exact) mass is 308 g/mol. The van der Waals surface area contributed by atoms with E-state index < -0.39 is 28.3 Å². The smallest absolute Gasteiger partial charge is 0.333 e. The molecule has 19 heavy (non-hydrogen) atoms. The summed E-state index contributed by atoms with van der Waals surface area (Å²) in [5, 5.41) is 0. The largest absolute Gasteiger partial charge is 0.343 e. The molecule has 2 N–H and O–H groups in total. The number of hydrogen-bond acceptors (Lipinski definition) is 6. The van der Waals surface area contributed by atoms with Crippen molar-refractivity contribution in [1.29, 1.82) is 0 Å². The van der Waals surface area contributed by atoms with E-state index in [4.69, 9.17) is 14.0 Å². The Hall–Kier alpha value is -0.580. The first kappa shape index (κ1) is 14.8. The molecular formula is C10H16N2O5S2. The van der Waals surface area contributed by atoms with Crippen LogP contribution in [0.5, 0.6) is 0 Å². The van der Waals surface area contributed by atoms with Crippen LogP contribution >= 0.6 is 11.3 Å². The fraction of sp³-hybridized carbons (Fsp3) is 0.700. The van der Waals surface area contributed by atoms with Crippen LogP contribution in [-0.4, -0.2) is 36.4 Å². The van der Waals surface area contributed by atoms with E-state index in [2.05, 4.69) is 4.98 Å². The fourth-order valence-electron chi connectivity index (χ4n) is 1.98. The topological polar surface area (TPSA) is 97.8 Å². The Morgan fingerprint density at radius 2 is 2.21 bits per heavy atom. The van der Waals surface area contributed by atoms with Gasteiger partial charge >= 0.3 is 10.3 Å². The highest BCUT2D eigenvalue weighted by atomic mass is 32.2. The number of hydrogen-bond donors (Lipinski definition) is 2. The molecule has 0 amide bonds. The van der Waals surface area contributed by atoms with E-state index in [-0.39, 0.29) is 6.54 Å². The van der Waals surface area contributed by atoms with E-state index >= 15 is 0 Å². The van der Waals surface area contributed by atoms with Crippen LogP contribution in [0.3, 0.4) is 0 Å². The summed E-state index contributed by atoms with van der Waals surface area (Å²) in [6.45, 7) is 5.30. The lowest BCUT2D eigenvalue weighted by molar-refractivity contribution is -0.146. The highest BCUT2D eigenvalue weighted by molar-refractivity contribution is 7.83. The highest BCUT2D eigenvalue weighted by Gasteiger charge is 2.43. The number of nitrogens with one attached hydrogen (secondary N) is 1. The van der Waals surface area contributed by atoms with Gasteiger partial charge in [0.15, 0.2) is 5.79 Å². The number of rotatable bonds is 4. The van der Waals surface area contributed by atoms with Crippen molar-refractivity contribution in [2.75, 3.05) is 6.54 Å². The lowest BCUT2D eigenvalue weighted by atomic mass is 10.1. The Bertz CT molecular complexity index is 554. The average Bonchev–Trinajstić information content (AvgIpc) is 2.77. The summed E-state index contributed by atoms with van der Waals surface area (Å²) < 4.78 is 43.7. The first-order valence-corrected chi connectivity index (χ1v) is 7.97. The second-order valence-electron chi connectivity index (χ2n) is 4.72. The highest BCUT2D eigenvalue weighted by Crippen LogP contribution is 2.40. The molecule has 1 aliphatic heterocycles. The molecule has 0 unspecified atom stereocenters. The third-order valence-electron chi connectivity index (χ3n) is 2.69. The van der Waals surface area contributed by atoms with Crippen molar-refractivity contribution in [1.82, 2.24) is 9.71 Å². The van der Waals surface area contributed by atoms with E-state index in [0.29, 0.717) is 0 Å². The minimum atomic E-state index is -4.25. The predicted molar refractivity (Wildman–Crippen MR) is 69.2 cm³/mol. The Kier molecular flexibility index (Phi) is 3.96. The third kappa shape index (κ3) is 3.71. The van der Waals surface area contributed by atoms with Crippen LogP contribution < -0.4 is 4.72 Å². The quantitative estimate of drug-likeness (QED) is 0.806. The molecule has 1 fully saturated rings. The van der Waals surface area contributed by atoms with Crippen LogP contribution in [0.4, 0.5) is 0 Å². The zero-order valence-corrected chi connectivity index (χ0v) is 12.4. The summed E-state index contributed by atoms with van der Waals surface area (Å²) in [6, 6.07) is 0. The van der Waals surface area contributed by atoms with Crippen LogP contribution in [0.15, 0.2) is 5.51 Å². The van der Waals surface area contributed by atoms with Gasteiger partial charge in [0.25, 0.3) is 0 Å². The van der Waals surface area contributed by atoms with Gasteiger partial charge in [-0.3, -0.25) is 4.55 Å². The molecule has 0 saturated carbocycles. The second-order valence-corrected chi connectivity index (χ2v) is 6.85. The first-order chi connectivity index (χ1) is 8.68. The van der Waals surface area contributed by atoms with Gasteiger partial charge in [-0.05, 0) is 20.8 Å². The van der Waals surface area contributed by atoms with Gasteiger partial charge in [-0.2, -0.15) is 13.1 Å². The SMILES string of the molecule is Cc1ncsc1[C@H]1OC(C)(C)O[C@@H]1CNS(=O)(=O)O. The molecule has 108 valence electrons. The van der Waals surface area contributed by atoms with Crippen molar-refractivity contribution in [3.63, 3.8) is 0 Å². The van der Waals surface area contributed by atoms with Gasteiger partial charge in [-0.25, -0.2) is 4.98 Å². The van der Waals surface area contributed by atoms with Crippen molar-refractivity contribution < 1.29 is 22.4 Å². The number of ether oxygens (including phenoxy) is 2. The molecule has 2 atom stereocenters. The fourth-order valence-corrected chi connectivity index (χ4v) is 3.23. The summed E-state index contributed by atoms with van der Waals surface area (Å²) in [6.07, 6.45) is -0.923. The molecule has 0 spiro atoms. The van der Waals surface area contributed by atoms with E-state index in [9.17, 15) is 8.42 Å². The lowest BCUT2D eigenvalue weighted by Gasteiger charge is -2.16. The molecule has 1 aliphatic rings. The van der Waals surface area contributed by atoms with Crippen LogP contribution in [0.2, 0.25) is 0 Å². The van der Waals surface area contributed by atoms with E-state index in [0.717, 1.165) is 10.6 Å². The first-order valence-electron chi connectivity index (χ1n) is 5.66. The summed E-state index contributed by atoms with van der Waals surface area (Å²) in [5.41, 5.74) is 2.53. The third-order valence-corrected chi connectivity index (χ3v) is 4.22. The van der Waals surface area contributed by atoms with Gasteiger partial charge in [-0.15, -0.1) is 11.3 Å². The molecule has 2 heterocycles. The normalized spacial score (nSPS) is 26.7. The minimum absolute atomic E-state index is 0.0652. The van der Waals surface area contributed by atoms with Crippen molar-refractivity contribution >= 4 is 21.6 Å². The van der Waals surface area contributed by atoms with Gasteiger partial charge < -0.3 is 9.47 Å². The molecule has 0 aromatic carbocycles. The minimum Gasteiger partial charge on any atom is -0.343 e. The van der Waals surface area contributed by atoms with Gasteiger partial charge in [0.05, 0.1) is 16.1 Å². The summed E-state index contributed by atoms with van der Waals surface area (Å²) >= 11 is 1.43. The van der Waals surface area contributed by atoms with Gasteiger partial charge in [0.2, 0.25) is 0 Å². The number of aryl methyl sites for hydroxylation is 1. The Labute approximate surface area is 115 Å². The summed E-state index contributed by atoms with van der Waals surface area (Å²) in [4.78, 5) is 5.04. The maximum Gasteiger partial charge on any atom is 0.333 e.